The van der Waals surface area contributed by atoms with E-state index in [1.807, 2.05) is 12.3 Å². The molecule has 2 aromatic heterocycles. The van der Waals surface area contributed by atoms with Gasteiger partial charge in [0.25, 0.3) is 0 Å². The monoisotopic (exact) mass is 250 g/mol. The number of aromatic nitrogens is 2. The van der Waals surface area contributed by atoms with Gasteiger partial charge in [0, 0.05) is 6.54 Å². The first-order valence-electron chi connectivity index (χ1n) is 5.29. The van der Waals surface area contributed by atoms with Gasteiger partial charge in [-0.3, -0.25) is 0 Å². The highest BCUT2D eigenvalue weighted by Gasteiger charge is 2.08. The molecule has 0 aliphatic carbocycles. The van der Waals surface area contributed by atoms with E-state index in [1.165, 1.54) is 11.9 Å². The number of nitrogens with two attached hydrogens (primary N) is 1. The van der Waals surface area contributed by atoms with Gasteiger partial charge in [-0.1, -0.05) is 0 Å². The number of ether oxygens (including phenoxy) is 1. The molecular weight excluding hydrogens is 236 g/mol. The highest BCUT2D eigenvalue weighted by molar-refractivity contribution is 7.07. The minimum Gasteiger partial charge on any atom is -0.476 e. The van der Waals surface area contributed by atoms with Crippen molar-refractivity contribution in [2.24, 2.45) is 0 Å². The lowest BCUT2D eigenvalue weighted by Crippen LogP contribution is -2.07. The summed E-state index contributed by atoms with van der Waals surface area (Å²) in [6, 6.07) is 2.05. The van der Waals surface area contributed by atoms with Gasteiger partial charge in [-0.25, -0.2) is 4.98 Å². The molecule has 0 aliphatic rings. The molecule has 2 rings (SSSR count). The number of nitrogens with zero attached hydrogens (tertiary/aromatic N) is 2. The summed E-state index contributed by atoms with van der Waals surface area (Å²) in [5, 5.41) is 7.28. The molecule has 17 heavy (non-hydrogen) atoms. The van der Waals surface area contributed by atoms with E-state index in [0.717, 1.165) is 0 Å². The summed E-state index contributed by atoms with van der Waals surface area (Å²) in [6.45, 7) is 3.11. The number of rotatable bonds is 5. The van der Waals surface area contributed by atoms with Gasteiger partial charge < -0.3 is 15.8 Å². The van der Waals surface area contributed by atoms with Crippen molar-refractivity contribution in [3.63, 3.8) is 0 Å². The van der Waals surface area contributed by atoms with Crippen molar-refractivity contribution in [2.75, 3.05) is 17.7 Å². The van der Waals surface area contributed by atoms with Crippen LogP contribution >= 0.6 is 11.3 Å². The fourth-order valence-electron chi connectivity index (χ4n) is 1.35. The van der Waals surface area contributed by atoms with Crippen LogP contribution in [0.3, 0.4) is 0 Å². The minimum atomic E-state index is 0.426. The second-order valence-electron chi connectivity index (χ2n) is 3.36. The molecular formula is C11H14N4OS. The fraction of sp³-hybridized carbons (Fsp3) is 0.273. The average Bonchev–Trinajstić information content (AvgIpc) is 2.83. The molecule has 0 fully saturated rings. The minimum absolute atomic E-state index is 0.426. The van der Waals surface area contributed by atoms with Crippen molar-refractivity contribution in [3.05, 3.63) is 28.7 Å². The van der Waals surface area contributed by atoms with Gasteiger partial charge in [0.15, 0.2) is 5.82 Å². The summed E-state index contributed by atoms with van der Waals surface area (Å²) in [6.07, 6.45) is 1.44. The predicted molar refractivity (Wildman–Crippen MR) is 69.3 cm³/mol. The van der Waals surface area contributed by atoms with Crippen LogP contribution in [0.4, 0.5) is 11.5 Å². The Kier molecular flexibility index (Phi) is 3.77. The third kappa shape index (κ3) is 2.85. The maximum atomic E-state index is 5.90. The number of hydrogen-bond acceptors (Lipinski definition) is 6. The van der Waals surface area contributed by atoms with E-state index in [1.54, 1.807) is 11.3 Å². The third-order valence-corrected chi connectivity index (χ3v) is 2.90. The van der Waals surface area contributed by atoms with Crippen molar-refractivity contribution in [2.45, 2.75) is 13.5 Å². The molecule has 0 saturated heterocycles. The molecule has 0 saturated carbocycles. The van der Waals surface area contributed by atoms with Gasteiger partial charge in [0.2, 0.25) is 5.88 Å². The summed E-state index contributed by atoms with van der Waals surface area (Å²) in [5.74, 6) is 1.03. The predicted octanol–water partition coefficient (Wildman–Crippen LogP) is 2.13. The molecule has 0 aliphatic heterocycles. The molecule has 0 spiro atoms. The molecule has 3 N–H and O–H groups in total. The molecule has 5 nitrogen and oxygen atoms in total. The van der Waals surface area contributed by atoms with Crippen molar-refractivity contribution >= 4 is 22.8 Å². The molecule has 0 radical (unpaired) electrons. The quantitative estimate of drug-likeness (QED) is 0.850. The molecule has 6 heteroatoms. The third-order valence-electron chi connectivity index (χ3n) is 2.17. The molecule has 2 aromatic rings. The molecule has 0 bridgehead atoms. The van der Waals surface area contributed by atoms with Crippen LogP contribution in [0.25, 0.3) is 0 Å². The number of nitrogens with one attached hydrogen (secondary N) is 1. The lowest BCUT2D eigenvalue weighted by atomic mass is 10.3. The van der Waals surface area contributed by atoms with Crippen LogP contribution in [0.15, 0.2) is 23.2 Å². The topological polar surface area (TPSA) is 73.1 Å². The molecule has 0 atom stereocenters. The van der Waals surface area contributed by atoms with Gasteiger partial charge in [0.1, 0.15) is 12.0 Å². The standard InChI is InChI=1S/C11H14N4OS/c1-2-16-11-9(12)10(14-7-15-11)13-5-8-3-4-17-6-8/h3-4,6-7H,2,5,12H2,1H3,(H,13,14,15). The normalized spacial score (nSPS) is 10.2. The Hall–Kier alpha value is -1.82. The Bertz CT molecular complexity index is 472. The lowest BCUT2D eigenvalue weighted by molar-refractivity contribution is 0.328. The zero-order chi connectivity index (χ0) is 12.1. The van der Waals surface area contributed by atoms with Gasteiger partial charge in [-0.15, -0.1) is 0 Å². The van der Waals surface area contributed by atoms with Crippen LogP contribution in [-0.2, 0) is 6.54 Å². The highest BCUT2D eigenvalue weighted by atomic mass is 32.1. The van der Waals surface area contributed by atoms with E-state index in [4.69, 9.17) is 10.5 Å². The highest BCUT2D eigenvalue weighted by Crippen LogP contribution is 2.24. The second-order valence-corrected chi connectivity index (χ2v) is 4.14. The van der Waals surface area contributed by atoms with E-state index in [-0.39, 0.29) is 0 Å². The maximum absolute atomic E-state index is 5.90. The van der Waals surface area contributed by atoms with Crippen LogP contribution < -0.4 is 15.8 Å². The Balaban J connectivity index is 2.07. The van der Waals surface area contributed by atoms with E-state index in [9.17, 15) is 0 Å². The summed E-state index contributed by atoms with van der Waals surface area (Å²) in [7, 11) is 0. The molecule has 0 unspecified atom stereocenters. The van der Waals surface area contributed by atoms with Crippen LogP contribution in [0.5, 0.6) is 5.88 Å². The molecule has 0 amide bonds. The van der Waals surface area contributed by atoms with Crippen molar-refractivity contribution < 1.29 is 4.74 Å². The van der Waals surface area contributed by atoms with Crippen molar-refractivity contribution in [1.29, 1.82) is 0 Å². The average molecular weight is 250 g/mol. The number of thiophene rings is 1. The Labute approximate surface area is 104 Å². The smallest absolute Gasteiger partial charge is 0.242 e. The van der Waals surface area contributed by atoms with Crippen molar-refractivity contribution in [1.82, 2.24) is 9.97 Å². The Morgan fingerprint density at radius 3 is 3.06 bits per heavy atom. The lowest BCUT2D eigenvalue weighted by Gasteiger charge is -2.10. The first kappa shape index (κ1) is 11.7. The zero-order valence-corrected chi connectivity index (χ0v) is 10.3. The summed E-state index contributed by atoms with van der Waals surface area (Å²) >= 11 is 1.66. The number of nitrogen functional groups attached to an aromatic ring is 1. The Morgan fingerprint density at radius 1 is 1.47 bits per heavy atom. The van der Waals surface area contributed by atoms with E-state index in [2.05, 4.69) is 26.7 Å². The van der Waals surface area contributed by atoms with E-state index < -0.39 is 0 Å². The van der Waals surface area contributed by atoms with Crippen LogP contribution in [-0.4, -0.2) is 16.6 Å². The van der Waals surface area contributed by atoms with E-state index >= 15 is 0 Å². The largest absolute Gasteiger partial charge is 0.476 e. The van der Waals surface area contributed by atoms with Crippen LogP contribution in [0.2, 0.25) is 0 Å². The number of anilines is 2. The number of hydrogen-bond donors (Lipinski definition) is 2. The first-order chi connectivity index (χ1) is 8.31. The SMILES string of the molecule is CCOc1ncnc(NCc2ccsc2)c1N. The summed E-state index contributed by atoms with van der Waals surface area (Å²) in [5.41, 5.74) is 7.55. The fourth-order valence-corrected chi connectivity index (χ4v) is 2.02. The second kappa shape index (κ2) is 5.49. The van der Waals surface area contributed by atoms with Crippen molar-refractivity contribution in [3.8, 4) is 5.88 Å². The van der Waals surface area contributed by atoms with Crippen LogP contribution in [0.1, 0.15) is 12.5 Å². The zero-order valence-electron chi connectivity index (χ0n) is 9.51. The maximum Gasteiger partial charge on any atom is 0.242 e. The van der Waals surface area contributed by atoms with Crippen LogP contribution in [0, 0.1) is 0 Å². The van der Waals surface area contributed by atoms with Gasteiger partial charge >= 0.3 is 0 Å². The van der Waals surface area contributed by atoms with Gasteiger partial charge in [-0.2, -0.15) is 16.3 Å². The first-order valence-corrected chi connectivity index (χ1v) is 6.23. The summed E-state index contributed by atoms with van der Waals surface area (Å²) < 4.78 is 5.30. The molecule has 2 heterocycles. The van der Waals surface area contributed by atoms with E-state index in [0.29, 0.717) is 30.5 Å². The molecule has 0 aromatic carbocycles. The Morgan fingerprint density at radius 2 is 2.35 bits per heavy atom. The van der Waals surface area contributed by atoms with Gasteiger partial charge in [0.05, 0.1) is 6.61 Å². The summed E-state index contributed by atoms with van der Waals surface area (Å²) in [4.78, 5) is 8.07. The molecule has 90 valence electrons. The van der Waals surface area contributed by atoms with Gasteiger partial charge in [-0.05, 0) is 29.3 Å².